The first kappa shape index (κ1) is 12.6. The van der Waals surface area contributed by atoms with Crippen LogP contribution in [-0.4, -0.2) is 24.4 Å². The van der Waals surface area contributed by atoms with Crippen molar-refractivity contribution in [2.24, 2.45) is 5.92 Å². The van der Waals surface area contributed by atoms with E-state index in [1.165, 1.54) is 11.0 Å². The van der Waals surface area contributed by atoms with Gasteiger partial charge in [-0.2, -0.15) is 0 Å². The van der Waals surface area contributed by atoms with Crippen molar-refractivity contribution < 1.29 is 13.6 Å². The van der Waals surface area contributed by atoms with Gasteiger partial charge in [0.1, 0.15) is 11.6 Å². The molecule has 0 atom stereocenters. The standard InChI is InChI=1S/C12H15F2NO/c1-8(2)7-15(3)12(16)10-5-4-9(13)6-11(10)14/h4-6,8H,7H2,1-3H3. The SMILES string of the molecule is CC(C)CN(C)C(=O)c1ccc(F)cc1F. The summed E-state index contributed by atoms with van der Waals surface area (Å²) in [5.74, 6) is -1.62. The Kier molecular flexibility index (Phi) is 3.99. The number of amides is 1. The van der Waals surface area contributed by atoms with E-state index in [1.54, 1.807) is 7.05 Å². The fourth-order valence-electron chi connectivity index (χ4n) is 1.50. The summed E-state index contributed by atoms with van der Waals surface area (Å²) in [6.07, 6.45) is 0. The van der Waals surface area contributed by atoms with E-state index in [0.717, 1.165) is 12.1 Å². The smallest absolute Gasteiger partial charge is 0.256 e. The van der Waals surface area contributed by atoms with Crippen LogP contribution in [0.3, 0.4) is 0 Å². The van der Waals surface area contributed by atoms with Crippen LogP contribution in [0.25, 0.3) is 0 Å². The summed E-state index contributed by atoms with van der Waals surface area (Å²) in [6.45, 7) is 4.46. The van der Waals surface area contributed by atoms with Crippen LogP contribution in [0.2, 0.25) is 0 Å². The van der Waals surface area contributed by atoms with Crippen LogP contribution in [0.4, 0.5) is 8.78 Å². The summed E-state index contributed by atoms with van der Waals surface area (Å²) < 4.78 is 26.0. The first-order chi connectivity index (χ1) is 7.41. The lowest BCUT2D eigenvalue weighted by atomic mass is 10.1. The van der Waals surface area contributed by atoms with Gasteiger partial charge < -0.3 is 4.90 Å². The Morgan fingerprint density at radius 2 is 2.00 bits per heavy atom. The maximum Gasteiger partial charge on any atom is 0.256 e. The molecule has 88 valence electrons. The molecule has 1 rings (SSSR count). The molecule has 0 aromatic heterocycles. The van der Waals surface area contributed by atoms with Crippen molar-refractivity contribution in [2.75, 3.05) is 13.6 Å². The Morgan fingerprint density at radius 3 is 2.50 bits per heavy atom. The van der Waals surface area contributed by atoms with Gasteiger partial charge in [0.05, 0.1) is 5.56 Å². The lowest BCUT2D eigenvalue weighted by Crippen LogP contribution is -2.30. The molecule has 16 heavy (non-hydrogen) atoms. The van der Waals surface area contributed by atoms with Crippen molar-refractivity contribution in [3.8, 4) is 0 Å². The highest BCUT2D eigenvalue weighted by Crippen LogP contribution is 2.12. The molecule has 0 aliphatic heterocycles. The molecule has 0 saturated carbocycles. The molecule has 1 aromatic carbocycles. The second-order valence-electron chi connectivity index (χ2n) is 4.20. The zero-order valence-electron chi connectivity index (χ0n) is 9.63. The molecule has 0 radical (unpaired) electrons. The van der Waals surface area contributed by atoms with E-state index in [1.807, 2.05) is 13.8 Å². The third-order valence-corrected chi connectivity index (χ3v) is 2.15. The Balaban J connectivity index is 2.88. The molecule has 0 bridgehead atoms. The van der Waals surface area contributed by atoms with E-state index < -0.39 is 17.5 Å². The van der Waals surface area contributed by atoms with Crippen molar-refractivity contribution in [1.82, 2.24) is 4.90 Å². The second kappa shape index (κ2) is 5.05. The maximum atomic E-state index is 13.3. The van der Waals surface area contributed by atoms with E-state index in [0.29, 0.717) is 12.5 Å². The summed E-state index contributed by atoms with van der Waals surface area (Å²) in [7, 11) is 1.60. The Morgan fingerprint density at radius 1 is 1.38 bits per heavy atom. The largest absolute Gasteiger partial charge is 0.341 e. The molecule has 2 nitrogen and oxygen atoms in total. The number of halogens is 2. The molecule has 1 amide bonds. The van der Waals surface area contributed by atoms with E-state index in [9.17, 15) is 13.6 Å². The summed E-state index contributed by atoms with van der Waals surface area (Å²) >= 11 is 0. The number of hydrogen-bond donors (Lipinski definition) is 0. The number of carbonyl (C=O) groups excluding carboxylic acids is 1. The van der Waals surface area contributed by atoms with E-state index in [4.69, 9.17) is 0 Å². The predicted molar refractivity (Wildman–Crippen MR) is 58.2 cm³/mol. The molecular weight excluding hydrogens is 212 g/mol. The Labute approximate surface area is 93.9 Å². The molecule has 0 spiro atoms. The molecule has 0 aliphatic rings. The summed E-state index contributed by atoms with van der Waals surface area (Å²) in [6, 6.07) is 2.97. The van der Waals surface area contributed by atoms with Gasteiger partial charge in [0, 0.05) is 19.7 Å². The minimum Gasteiger partial charge on any atom is -0.341 e. The first-order valence-corrected chi connectivity index (χ1v) is 5.12. The Bertz CT molecular complexity index is 391. The third kappa shape index (κ3) is 3.02. The van der Waals surface area contributed by atoms with Gasteiger partial charge in [0.15, 0.2) is 0 Å². The van der Waals surface area contributed by atoms with Crippen molar-refractivity contribution >= 4 is 5.91 Å². The summed E-state index contributed by atoms with van der Waals surface area (Å²) in [5.41, 5.74) is -0.0930. The zero-order valence-corrected chi connectivity index (χ0v) is 9.63. The summed E-state index contributed by atoms with van der Waals surface area (Å²) in [4.78, 5) is 13.2. The van der Waals surface area contributed by atoms with Crippen molar-refractivity contribution in [2.45, 2.75) is 13.8 Å². The van der Waals surface area contributed by atoms with Crippen LogP contribution in [0.15, 0.2) is 18.2 Å². The molecule has 0 heterocycles. The molecule has 0 unspecified atom stereocenters. The number of nitrogens with zero attached hydrogens (tertiary/aromatic N) is 1. The van der Waals surface area contributed by atoms with Gasteiger partial charge in [-0.25, -0.2) is 8.78 Å². The van der Waals surface area contributed by atoms with Gasteiger partial charge in [0.25, 0.3) is 5.91 Å². The lowest BCUT2D eigenvalue weighted by molar-refractivity contribution is 0.0774. The van der Waals surface area contributed by atoms with E-state index in [2.05, 4.69) is 0 Å². The third-order valence-electron chi connectivity index (χ3n) is 2.15. The maximum absolute atomic E-state index is 13.3. The fraction of sp³-hybridized carbons (Fsp3) is 0.417. The average Bonchev–Trinajstić information content (AvgIpc) is 2.15. The van der Waals surface area contributed by atoms with Gasteiger partial charge in [0.2, 0.25) is 0 Å². The van der Waals surface area contributed by atoms with Crippen molar-refractivity contribution in [3.05, 3.63) is 35.4 Å². The molecule has 1 aromatic rings. The van der Waals surface area contributed by atoms with E-state index >= 15 is 0 Å². The van der Waals surface area contributed by atoms with Gasteiger partial charge >= 0.3 is 0 Å². The van der Waals surface area contributed by atoms with Gasteiger partial charge in [-0.05, 0) is 18.1 Å². The van der Waals surface area contributed by atoms with Gasteiger partial charge in [-0.1, -0.05) is 13.8 Å². The Hall–Kier alpha value is -1.45. The van der Waals surface area contributed by atoms with E-state index in [-0.39, 0.29) is 5.56 Å². The van der Waals surface area contributed by atoms with Crippen LogP contribution in [0, 0.1) is 17.6 Å². The first-order valence-electron chi connectivity index (χ1n) is 5.12. The topological polar surface area (TPSA) is 20.3 Å². The van der Waals surface area contributed by atoms with Gasteiger partial charge in [-0.3, -0.25) is 4.79 Å². The quantitative estimate of drug-likeness (QED) is 0.777. The van der Waals surface area contributed by atoms with Crippen molar-refractivity contribution in [3.63, 3.8) is 0 Å². The molecule has 0 fully saturated rings. The molecule has 0 aliphatic carbocycles. The molecular formula is C12H15F2NO. The second-order valence-corrected chi connectivity index (χ2v) is 4.20. The number of carbonyl (C=O) groups is 1. The highest BCUT2D eigenvalue weighted by atomic mass is 19.1. The number of rotatable bonds is 3. The molecule has 0 N–H and O–H groups in total. The highest BCUT2D eigenvalue weighted by Gasteiger charge is 2.17. The normalized spacial score (nSPS) is 10.6. The number of benzene rings is 1. The monoisotopic (exact) mass is 227 g/mol. The van der Waals surface area contributed by atoms with Crippen LogP contribution in [-0.2, 0) is 0 Å². The van der Waals surface area contributed by atoms with Crippen LogP contribution < -0.4 is 0 Å². The number of hydrogen-bond acceptors (Lipinski definition) is 1. The zero-order chi connectivity index (χ0) is 12.3. The molecule has 4 heteroatoms. The van der Waals surface area contributed by atoms with Crippen LogP contribution in [0.5, 0.6) is 0 Å². The molecule has 0 saturated heterocycles. The van der Waals surface area contributed by atoms with Crippen molar-refractivity contribution in [1.29, 1.82) is 0 Å². The average molecular weight is 227 g/mol. The lowest BCUT2D eigenvalue weighted by Gasteiger charge is -2.19. The minimum atomic E-state index is -0.819. The van der Waals surface area contributed by atoms with Crippen LogP contribution in [0.1, 0.15) is 24.2 Å². The summed E-state index contributed by atoms with van der Waals surface area (Å²) in [5, 5.41) is 0. The predicted octanol–water partition coefficient (Wildman–Crippen LogP) is 2.69. The minimum absolute atomic E-state index is 0.0930. The highest BCUT2D eigenvalue weighted by molar-refractivity contribution is 5.94. The van der Waals surface area contributed by atoms with Crippen LogP contribution >= 0.6 is 0 Å². The fourth-order valence-corrected chi connectivity index (χ4v) is 1.50. The van der Waals surface area contributed by atoms with Gasteiger partial charge in [-0.15, -0.1) is 0 Å².